The molecule has 0 saturated heterocycles. The van der Waals surface area contributed by atoms with Gasteiger partial charge in [-0.25, -0.2) is 22.0 Å². The number of anilines is 1. The highest BCUT2D eigenvalue weighted by Gasteiger charge is 2.17. The lowest BCUT2D eigenvalue weighted by molar-refractivity contribution is 0.595. The Morgan fingerprint density at radius 3 is 2.07 bits per heavy atom. The maximum atomic E-state index is 12.5. The molecule has 0 fully saturated rings. The molecule has 1 aromatic heterocycles. The van der Waals surface area contributed by atoms with Gasteiger partial charge in [-0.3, -0.25) is 4.72 Å². The zero-order chi connectivity index (χ0) is 19.2. The molecule has 0 aliphatic rings. The van der Waals surface area contributed by atoms with E-state index < -0.39 is 20.0 Å². The SMILES string of the molecule is NS(=O)(=O)c1ccc(S(=O)(=O)Nc2ccc3c(c2)oc2ccccc23)cc1. The summed E-state index contributed by atoms with van der Waals surface area (Å²) in [5.74, 6) is 0. The maximum Gasteiger partial charge on any atom is 0.261 e. The summed E-state index contributed by atoms with van der Waals surface area (Å²) in [5, 5.41) is 6.85. The first-order chi connectivity index (χ1) is 12.7. The van der Waals surface area contributed by atoms with Crippen molar-refractivity contribution in [2.45, 2.75) is 9.79 Å². The second kappa shape index (κ2) is 6.08. The van der Waals surface area contributed by atoms with Gasteiger partial charge in [0.05, 0.1) is 15.5 Å². The van der Waals surface area contributed by atoms with Crippen molar-refractivity contribution in [3.05, 3.63) is 66.7 Å². The maximum absolute atomic E-state index is 12.5. The zero-order valence-electron chi connectivity index (χ0n) is 13.8. The first-order valence-corrected chi connectivity index (χ1v) is 10.8. The van der Waals surface area contributed by atoms with Gasteiger partial charge in [-0.15, -0.1) is 0 Å². The molecular weight excluding hydrogens is 388 g/mol. The predicted octanol–water partition coefficient (Wildman–Crippen LogP) is 3.03. The summed E-state index contributed by atoms with van der Waals surface area (Å²) < 4.78 is 55.9. The number of fused-ring (bicyclic) bond motifs is 3. The molecule has 1 heterocycles. The van der Waals surface area contributed by atoms with Gasteiger partial charge in [-0.1, -0.05) is 18.2 Å². The van der Waals surface area contributed by atoms with Gasteiger partial charge in [0.25, 0.3) is 10.0 Å². The minimum atomic E-state index is -3.90. The number of rotatable bonds is 4. The Bertz CT molecular complexity index is 1370. The molecule has 0 bridgehead atoms. The fraction of sp³-hybridized carbons (Fsp3) is 0. The number of hydrogen-bond donors (Lipinski definition) is 2. The van der Waals surface area contributed by atoms with Gasteiger partial charge in [0.15, 0.2) is 0 Å². The first kappa shape index (κ1) is 17.5. The molecular formula is C18H14N2O5S2. The van der Waals surface area contributed by atoms with E-state index in [1.54, 1.807) is 18.2 Å². The van der Waals surface area contributed by atoms with Gasteiger partial charge in [-0.2, -0.15) is 0 Å². The fourth-order valence-corrected chi connectivity index (χ4v) is 4.38. The molecule has 3 N–H and O–H groups in total. The van der Waals surface area contributed by atoms with Crippen LogP contribution in [-0.4, -0.2) is 16.8 Å². The third-order valence-corrected chi connectivity index (χ3v) is 6.42. The second-order valence-corrected chi connectivity index (χ2v) is 9.17. The van der Waals surface area contributed by atoms with Crippen molar-refractivity contribution in [1.29, 1.82) is 0 Å². The number of para-hydroxylation sites is 1. The van der Waals surface area contributed by atoms with Crippen LogP contribution in [0.15, 0.2) is 80.9 Å². The molecule has 0 saturated carbocycles. The summed E-state index contributed by atoms with van der Waals surface area (Å²) in [5.41, 5.74) is 1.60. The number of hydrogen-bond acceptors (Lipinski definition) is 5. The summed E-state index contributed by atoms with van der Waals surface area (Å²) >= 11 is 0. The van der Waals surface area contributed by atoms with Crippen molar-refractivity contribution >= 4 is 47.7 Å². The molecule has 0 amide bonds. The molecule has 0 atom stereocenters. The van der Waals surface area contributed by atoms with Crippen LogP contribution >= 0.6 is 0 Å². The zero-order valence-corrected chi connectivity index (χ0v) is 15.4. The summed E-state index contributed by atoms with van der Waals surface area (Å²) in [4.78, 5) is -0.246. The van der Waals surface area contributed by atoms with Gasteiger partial charge >= 0.3 is 0 Å². The van der Waals surface area contributed by atoms with E-state index in [0.29, 0.717) is 16.9 Å². The normalized spacial score (nSPS) is 12.5. The van der Waals surface area contributed by atoms with Crippen LogP contribution in [0.4, 0.5) is 5.69 Å². The second-order valence-electron chi connectivity index (χ2n) is 5.93. The standard InChI is InChI=1S/C18H14N2O5S2/c19-26(21,22)13-6-8-14(9-7-13)27(23,24)20-12-5-10-16-15-3-1-2-4-17(15)25-18(16)11-12/h1-11,20H,(H2,19,21,22). The van der Waals surface area contributed by atoms with E-state index in [-0.39, 0.29) is 9.79 Å². The van der Waals surface area contributed by atoms with Crippen LogP contribution in [-0.2, 0) is 20.0 Å². The van der Waals surface area contributed by atoms with Gasteiger partial charge < -0.3 is 4.42 Å². The van der Waals surface area contributed by atoms with Crippen LogP contribution in [0, 0.1) is 0 Å². The van der Waals surface area contributed by atoms with E-state index in [2.05, 4.69) is 4.72 Å². The van der Waals surface area contributed by atoms with E-state index in [1.807, 2.05) is 24.3 Å². The molecule has 138 valence electrons. The Labute approximate surface area is 155 Å². The van der Waals surface area contributed by atoms with E-state index >= 15 is 0 Å². The van der Waals surface area contributed by atoms with Crippen molar-refractivity contribution in [2.75, 3.05) is 4.72 Å². The Balaban J connectivity index is 1.69. The highest BCUT2D eigenvalue weighted by atomic mass is 32.2. The van der Waals surface area contributed by atoms with E-state index in [9.17, 15) is 16.8 Å². The van der Waals surface area contributed by atoms with Crippen LogP contribution in [0.3, 0.4) is 0 Å². The van der Waals surface area contributed by atoms with Gasteiger partial charge in [0.1, 0.15) is 11.2 Å². The lowest BCUT2D eigenvalue weighted by Gasteiger charge is -2.08. The largest absolute Gasteiger partial charge is 0.456 e. The Morgan fingerprint density at radius 2 is 1.37 bits per heavy atom. The van der Waals surface area contributed by atoms with Crippen LogP contribution in [0.25, 0.3) is 21.9 Å². The summed E-state index contributed by atoms with van der Waals surface area (Å²) in [6.07, 6.45) is 0. The number of nitrogens with two attached hydrogens (primary N) is 1. The molecule has 4 rings (SSSR count). The molecule has 7 nitrogen and oxygen atoms in total. The average Bonchev–Trinajstić information content (AvgIpc) is 2.98. The van der Waals surface area contributed by atoms with Crippen LogP contribution in [0.2, 0.25) is 0 Å². The van der Waals surface area contributed by atoms with Gasteiger partial charge in [0.2, 0.25) is 10.0 Å². The predicted molar refractivity (Wildman–Crippen MR) is 102 cm³/mol. The minimum absolute atomic E-state index is 0.0837. The minimum Gasteiger partial charge on any atom is -0.456 e. The average molecular weight is 402 g/mol. The van der Waals surface area contributed by atoms with Crippen molar-refractivity contribution in [3.8, 4) is 0 Å². The monoisotopic (exact) mass is 402 g/mol. The summed E-state index contributed by atoms with van der Waals surface area (Å²) in [6, 6.07) is 17.2. The van der Waals surface area contributed by atoms with Crippen molar-refractivity contribution in [3.63, 3.8) is 0 Å². The number of nitrogens with one attached hydrogen (secondary N) is 1. The van der Waals surface area contributed by atoms with Crippen molar-refractivity contribution in [1.82, 2.24) is 0 Å². The first-order valence-electron chi connectivity index (χ1n) is 7.81. The highest BCUT2D eigenvalue weighted by Crippen LogP contribution is 2.31. The summed E-state index contributed by atoms with van der Waals surface area (Å²) in [7, 11) is -7.79. The van der Waals surface area contributed by atoms with E-state index in [4.69, 9.17) is 9.56 Å². The Hall–Kier alpha value is -2.88. The Morgan fingerprint density at radius 1 is 0.741 bits per heavy atom. The van der Waals surface area contributed by atoms with Crippen LogP contribution in [0.5, 0.6) is 0 Å². The van der Waals surface area contributed by atoms with Crippen molar-refractivity contribution in [2.24, 2.45) is 5.14 Å². The van der Waals surface area contributed by atoms with E-state index in [0.717, 1.165) is 22.9 Å². The molecule has 9 heteroatoms. The number of primary sulfonamides is 1. The van der Waals surface area contributed by atoms with Gasteiger partial charge in [-0.05, 0) is 42.5 Å². The summed E-state index contributed by atoms with van der Waals surface area (Å²) in [6.45, 7) is 0. The lowest BCUT2D eigenvalue weighted by atomic mass is 10.1. The molecule has 0 aliphatic heterocycles. The molecule has 27 heavy (non-hydrogen) atoms. The molecule has 0 spiro atoms. The van der Waals surface area contributed by atoms with Crippen LogP contribution < -0.4 is 9.86 Å². The van der Waals surface area contributed by atoms with E-state index in [1.165, 1.54) is 12.1 Å². The van der Waals surface area contributed by atoms with Crippen molar-refractivity contribution < 1.29 is 21.3 Å². The van der Waals surface area contributed by atoms with Gasteiger partial charge in [0, 0.05) is 16.8 Å². The molecule has 0 radical (unpaired) electrons. The highest BCUT2D eigenvalue weighted by molar-refractivity contribution is 7.92. The Kier molecular flexibility index (Phi) is 3.95. The molecule has 3 aromatic carbocycles. The molecule has 4 aromatic rings. The molecule has 0 aliphatic carbocycles. The number of furan rings is 1. The lowest BCUT2D eigenvalue weighted by Crippen LogP contribution is -2.15. The smallest absolute Gasteiger partial charge is 0.261 e. The third-order valence-electron chi connectivity index (χ3n) is 4.09. The third kappa shape index (κ3) is 3.27. The van der Waals surface area contributed by atoms with Crippen LogP contribution in [0.1, 0.15) is 0 Å². The number of sulfonamides is 2. The topological polar surface area (TPSA) is 119 Å². The number of benzene rings is 3. The molecule has 0 unspecified atom stereocenters. The quantitative estimate of drug-likeness (QED) is 0.544. The fourth-order valence-electron chi connectivity index (χ4n) is 2.81.